The predicted octanol–water partition coefficient (Wildman–Crippen LogP) is 13.6. The molecule has 0 aromatic heterocycles. The zero-order chi connectivity index (χ0) is 44.7. The van der Waals surface area contributed by atoms with Gasteiger partial charge in [0.2, 0.25) is 0 Å². The number of hydrogen-bond acceptors (Lipinski definition) is 6. The van der Waals surface area contributed by atoms with Gasteiger partial charge in [0.15, 0.2) is 0 Å². The summed E-state index contributed by atoms with van der Waals surface area (Å²) in [6.45, 7) is 6.70. The second-order valence-corrected chi connectivity index (χ2v) is 16.1. The van der Waals surface area contributed by atoms with Crippen LogP contribution in [0.15, 0.2) is 72.9 Å². The van der Waals surface area contributed by atoms with Crippen LogP contribution in [0.3, 0.4) is 0 Å². The van der Waals surface area contributed by atoms with E-state index in [1.165, 1.54) is 116 Å². The van der Waals surface area contributed by atoms with Gasteiger partial charge < -0.3 is 29.7 Å². The number of allylic oxidation sites excluding steroid dienone is 12. The van der Waals surface area contributed by atoms with Gasteiger partial charge in [0, 0.05) is 36.5 Å². The molecule has 0 aliphatic rings. The Morgan fingerprint density at radius 1 is 0.279 bits per heavy atom. The van der Waals surface area contributed by atoms with E-state index in [9.17, 15) is 29.7 Å². The van der Waals surface area contributed by atoms with Crippen molar-refractivity contribution in [1.29, 1.82) is 0 Å². The van der Waals surface area contributed by atoms with Crippen LogP contribution in [0.25, 0.3) is 0 Å². The first-order chi connectivity index (χ1) is 29.3. The Kier molecular flexibility index (Phi) is 65.8. The SMILES string of the molecule is CCCCC/C=C\C/C=C\CCCCCCCC(=O)[O-].CCCCC/C=C\C/C=C\CCCCCCCC(=O)[O-].CCCCC/C=C\C/C=C\CCCCCCCC(=O)[O-].[V]. The first-order valence-corrected chi connectivity index (χ1v) is 24.8. The number of carbonyl (C=O) groups is 3. The van der Waals surface area contributed by atoms with Gasteiger partial charge in [-0.3, -0.25) is 0 Å². The van der Waals surface area contributed by atoms with E-state index in [1.54, 1.807) is 0 Å². The Bertz CT molecular complexity index is 940. The van der Waals surface area contributed by atoms with E-state index in [0.717, 1.165) is 96.3 Å². The molecule has 0 spiro atoms. The minimum Gasteiger partial charge on any atom is -0.550 e. The van der Waals surface area contributed by atoms with Crippen LogP contribution >= 0.6 is 0 Å². The number of carboxylic acids is 3. The van der Waals surface area contributed by atoms with Crippen LogP contribution < -0.4 is 15.3 Å². The molecular formula is C54H93O6V-3. The zero-order valence-corrected chi connectivity index (χ0v) is 41.2. The first-order valence-electron chi connectivity index (χ1n) is 24.8. The van der Waals surface area contributed by atoms with Gasteiger partial charge in [0.25, 0.3) is 0 Å². The fraction of sp³-hybridized carbons (Fsp3) is 0.722. The van der Waals surface area contributed by atoms with E-state index < -0.39 is 17.9 Å². The number of rotatable bonds is 42. The molecule has 1 radical (unpaired) electrons. The molecule has 0 saturated heterocycles. The van der Waals surface area contributed by atoms with Gasteiger partial charge >= 0.3 is 0 Å². The maximum absolute atomic E-state index is 10.2. The van der Waals surface area contributed by atoms with Gasteiger partial charge in [0.1, 0.15) is 0 Å². The van der Waals surface area contributed by atoms with Crippen molar-refractivity contribution in [3.8, 4) is 0 Å². The third kappa shape index (κ3) is 75.2. The molecule has 0 aliphatic carbocycles. The maximum Gasteiger partial charge on any atom is 0.0414 e. The Morgan fingerprint density at radius 2 is 0.459 bits per heavy atom. The molecule has 0 atom stereocenters. The molecule has 7 heteroatoms. The molecule has 0 heterocycles. The van der Waals surface area contributed by atoms with E-state index in [2.05, 4.69) is 93.7 Å². The minimum atomic E-state index is -0.921. The van der Waals surface area contributed by atoms with Crippen molar-refractivity contribution in [3.05, 3.63) is 72.9 Å². The van der Waals surface area contributed by atoms with E-state index in [4.69, 9.17) is 0 Å². The Labute approximate surface area is 389 Å². The summed E-state index contributed by atoms with van der Waals surface area (Å²) in [6, 6.07) is 0. The van der Waals surface area contributed by atoms with E-state index in [0.29, 0.717) is 0 Å². The Morgan fingerprint density at radius 3 is 0.656 bits per heavy atom. The third-order valence-corrected chi connectivity index (χ3v) is 9.99. The summed E-state index contributed by atoms with van der Waals surface area (Å²) in [6.07, 6.45) is 65.8. The largest absolute Gasteiger partial charge is 0.550 e. The molecule has 0 amide bonds. The van der Waals surface area contributed by atoms with Crippen molar-refractivity contribution in [2.45, 2.75) is 252 Å². The van der Waals surface area contributed by atoms with Crippen molar-refractivity contribution in [2.24, 2.45) is 0 Å². The molecule has 353 valence electrons. The predicted molar refractivity (Wildman–Crippen MR) is 253 cm³/mol. The normalized spacial score (nSPS) is 11.5. The third-order valence-electron chi connectivity index (χ3n) is 9.99. The van der Waals surface area contributed by atoms with Crippen LogP contribution in [-0.4, -0.2) is 17.9 Å². The minimum absolute atomic E-state index is 0. The van der Waals surface area contributed by atoms with Crippen LogP contribution in [0.4, 0.5) is 0 Å². The quantitative estimate of drug-likeness (QED) is 0.0445. The van der Waals surface area contributed by atoms with Crippen LogP contribution in [-0.2, 0) is 32.9 Å². The average molecular weight is 889 g/mol. The maximum atomic E-state index is 10.2. The second-order valence-electron chi connectivity index (χ2n) is 16.1. The van der Waals surface area contributed by atoms with Crippen molar-refractivity contribution in [3.63, 3.8) is 0 Å². The van der Waals surface area contributed by atoms with Crippen LogP contribution in [0, 0.1) is 0 Å². The number of aliphatic carboxylic acids is 3. The van der Waals surface area contributed by atoms with Gasteiger partial charge in [-0.05, 0) is 135 Å². The fourth-order valence-corrected chi connectivity index (χ4v) is 6.24. The molecule has 61 heavy (non-hydrogen) atoms. The summed E-state index contributed by atoms with van der Waals surface area (Å²) in [5.74, 6) is -2.76. The molecule has 0 N–H and O–H groups in total. The molecule has 0 fully saturated rings. The van der Waals surface area contributed by atoms with Crippen molar-refractivity contribution in [1.82, 2.24) is 0 Å². The van der Waals surface area contributed by atoms with Crippen molar-refractivity contribution < 1.29 is 48.3 Å². The number of hydrogen-bond donors (Lipinski definition) is 0. The van der Waals surface area contributed by atoms with E-state index in [-0.39, 0.29) is 37.8 Å². The van der Waals surface area contributed by atoms with Crippen LogP contribution in [0.2, 0.25) is 0 Å². The summed E-state index contributed by atoms with van der Waals surface area (Å²) in [5, 5.41) is 30.6. The number of carbonyl (C=O) groups excluding carboxylic acids is 3. The molecule has 0 aromatic carbocycles. The molecule has 0 bridgehead atoms. The average Bonchev–Trinajstić information content (AvgIpc) is 3.22. The van der Waals surface area contributed by atoms with Gasteiger partial charge in [-0.25, -0.2) is 0 Å². The van der Waals surface area contributed by atoms with Gasteiger partial charge in [0.05, 0.1) is 0 Å². The summed E-state index contributed by atoms with van der Waals surface area (Å²) >= 11 is 0. The smallest absolute Gasteiger partial charge is 0.0414 e. The van der Waals surface area contributed by atoms with Gasteiger partial charge in [-0.1, -0.05) is 190 Å². The molecule has 6 nitrogen and oxygen atoms in total. The molecule has 0 rings (SSSR count). The molecule has 0 saturated carbocycles. The topological polar surface area (TPSA) is 120 Å². The first kappa shape index (κ1) is 65.1. The Balaban J connectivity index is -0.000000396. The summed E-state index contributed by atoms with van der Waals surface area (Å²) < 4.78 is 0. The summed E-state index contributed by atoms with van der Waals surface area (Å²) in [7, 11) is 0. The molecule has 0 aromatic rings. The van der Waals surface area contributed by atoms with E-state index in [1.807, 2.05) is 0 Å². The molecular weight excluding hydrogens is 796 g/mol. The van der Waals surface area contributed by atoms with Gasteiger partial charge in [-0.2, -0.15) is 0 Å². The summed E-state index contributed by atoms with van der Waals surface area (Å²) in [5.41, 5.74) is 0. The second kappa shape index (κ2) is 61.7. The van der Waals surface area contributed by atoms with E-state index >= 15 is 0 Å². The summed E-state index contributed by atoms with van der Waals surface area (Å²) in [4.78, 5) is 30.6. The Hall–Kier alpha value is -2.57. The monoisotopic (exact) mass is 889 g/mol. The number of unbranched alkanes of at least 4 members (excludes halogenated alkanes) is 24. The molecule has 0 aliphatic heterocycles. The standard InChI is InChI=1S/3C18H32O2.V/c3*1-2-3-4-5-6-7-8-9-10-11-12-13-14-15-16-17-18(19)20;/h3*6-7,9-10H,2-5,8,11-17H2,1H3,(H,19,20);/p-3/b3*7-6-,10-9-;. The molecule has 0 unspecified atom stereocenters. The van der Waals surface area contributed by atoms with Gasteiger partial charge in [-0.15, -0.1) is 0 Å². The van der Waals surface area contributed by atoms with Crippen LogP contribution in [0.1, 0.15) is 252 Å². The fourth-order valence-electron chi connectivity index (χ4n) is 6.24. The van der Waals surface area contributed by atoms with Crippen molar-refractivity contribution in [2.75, 3.05) is 0 Å². The van der Waals surface area contributed by atoms with Crippen LogP contribution in [0.5, 0.6) is 0 Å². The zero-order valence-electron chi connectivity index (χ0n) is 39.8. The van der Waals surface area contributed by atoms with Crippen molar-refractivity contribution >= 4 is 17.9 Å². The number of carboxylic acid groups (broad SMARTS) is 3.